The Morgan fingerprint density at radius 1 is 1.35 bits per heavy atom. The summed E-state index contributed by atoms with van der Waals surface area (Å²) in [5.74, 6) is 1.23. The Kier molecular flexibility index (Phi) is 4.02. The van der Waals surface area contributed by atoms with Gasteiger partial charge in [-0.05, 0) is 44.1 Å². The highest BCUT2D eigenvalue weighted by Crippen LogP contribution is 2.35. The quantitative estimate of drug-likeness (QED) is 0.870. The van der Waals surface area contributed by atoms with E-state index in [4.69, 9.17) is 4.74 Å². The predicted octanol–water partition coefficient (Wildman–Crippen LogP) is 2.07. The van der Waals surface area contributed by atoms with Crippen LogP contribution in [0.3, 0.4) is 0 Å². The minimum atomic E-state index is 0.265. The molecule has 0 radical (unpaired) electrons. The van der Waals surface area contributed by atoms with Gasteiger partial charge in [0.15, 0.2) is 0 Å². The van der Waals surface area contributed by atoms with Crippen molar-refractivity contribution in [2.45, 2.75) is 18.9 Å². The number of rotatable bonds is 3. The Morgan fingerprint density at radius 2 is 2.06 bits per heavy atom. The lowest BCUT2D eigenvalue weighted by atomic mass is 9.85. The smallest absolute Gasteiger partial charge is 0.118 e. The maximum absolute atomic E-state index is 9.49. The number of benzene rings is 1. The summed E-state index contributed by atoms with van der Waals surface area (Å²) in [6.07, 6.45) is 2.28. The van der Waals surface area contributed by atoms with Crippen LogP contribution in [0.15, 0.2) is 24.3 Å². The molecule has 0 aliphatic carbocycles. The van der Waals surface area contributed by atoms with Crippen LogP contribution in [0.1, 0.15) is 24.4 Å². The summed E-state index contributed by atoms with van der Waals surface area (Å²) in [5, 5.41) is 9.49. The summed E-state index contributed by atoms with van der Waals surface area (Å²) in [6.45, 7) is 1.37. The Labute approximate surface area is 103 Å². The molecule has 17 heavy (non-hydrogen) atoms. The monoisotopic (exact) mass is 235 g/mol. The fraction of sp³-hybridized carbons (Fsp3) is 0.571. The maximum Gasteiger partial charge on any atom is 0.118 e. The molecule has 2 rings (SSSR count). The van der Waals surface area contributed by atoms with E-state index in [1.807, 2.05) is 12.1 Å². The Balaban J connectivity index is 2.21. The van der Waals surface area contributed by atoms with Gasteiger partial charge in [-0.2, -0.15) is 0 Å². The van der Waals surface area contributed by atoms with Crippen LogP contribution in [0.4, 0.5) is 0 Å². The molecule has 1 aromatic rings. The average molecular weight is 235 g/mol. The van der Waals surface area contributed by atoms with Crippen molar-refractivity contribution in [1.29, 1.82) is 0 Å². The molecule has 1 heterocycles. The standard InChI is InChI=1S/C14H21NO2/c1-15-9-3-4-12(10-16)14(15)11-5-7-13(17-2)8-6-11/h5-8,12,14,16H,3-4,9-10H2,1-2H3/t12-,14-/m1/s1. The van der Waals surface area contributed by atoms with Crippen LogP contribution in [0.5, 0.6) is 5.75 Å². The molecule has 0 aromatic heterocycles. The molecule has 94 valence electrons. The van der Waals surface area contributed by atoms with Crippen molar-refractivity contribution in [1.82, 2.24) is 4.90 Å². The molecular formula is C14H21NO2. The number of piperidine rings is 1. The van der Waals surface area contributed by atoms with E-state index in [2.05, 4.69) is 24.1 Å². The SMILES string of the molecule is COc1ccc([C@@H]2[C@@H](CO)CCCN2C)cc1. The summed E-state index contributed by atoms with van der Waals surface area (Å²) in [6, 6.07) is 8.53. The van der Waals surface area contributed by atoms with Crippen LogP contribution < -0.4 is 4.74 Å². The van der Waals surface area contributed by atoms with Gasteiger partial charge in [0, 0.05) is 18.6 Å². The number of hydrogen-bond donors (Lipinski definition) is 1. The number of aliphatic hydroxyl groups is 1. The van der Waals surface area contributed by atoms with E-state index >= 15 is 0 Å². The third kappa shape index (κ3) is 2.61. The van der Waals surface area contributed by atoms with Crippen molar-refractivity contribution in [2.75, 3.05) is 27.3 Å². The van der Waals surface area contributed by atoms with E-state index in [0.29, 0.717) is 12.0 Å². The fourth-order valence-electron chi connectivity index (χ4n) is 2.78. The highest BCUT2D eigenvalue weighted by Gasteiger charge is 2.29. The van der Waals surface area contributed by atoms with Crippen LogP contribution in [0.2, 0.25) is 0 Å². The first-order valence-corrected chi connectivity index (χ1v) is 6.21. The van der Waals surface area contributed by atoms with Crippen molar-refractivity contribution in [3.63, 3.8) is 0 Å². The molecule has 0 bridgehead atoms. The Bertz CT molecular complexity index is 350. The topological polar surface area (TPSA) is 32.7 Å². The van der Waals surface area contributed by atoms with E-state index in [-0.39, 0.29) is 6.61 Å². The van der Waals surface area contributed by atoms with E-state index in [0.717, 1.165) is 18.7 Å². The summed E-state index contributed by atoms with van der Waals surface area (Å²) in [7, 11) is 3.81. The first-order chi connectivity index (χ1) is 8.26. The molecule has 0 spiro atoms. The third-order valence-corrected chi connectivity index (χ3v) is 3.70. The zero-order valence-electron chi connectivity index (χ0n) is 10.6. The molecule has 1 aromatic carbocycles. The lowest BCUT2D eigenvalue weighted by Gasteiger charge is -2.38. The zero-order valence-corrected chi connectivity index (χ0v) is 10.6. The Morgan fingerprint density at radius 3 is 2.65 bits per heavy atom. The lowest BCUT2D eigenvalue weighted by Crippen LogP contribution is -2.37. The van der Waals surface area contributed by atoms with Gasteiger partial charge in [0.1, 0.15) is 5.75 Å². The second kappa shape index (κ2) is 5.52. The predicted molar refractivity (Wildman–Crippen MR) is 68.2 cm³/mol. The molecule has 1 N–H and O–H groups in total. The Hall–Kier alpha value is -1.06. The van der Waals surface area contributed by atoms with Gasteiger partial charge < -0.3 is 9.84 Å². The average Bonchev–Trinajstić information content (AvgIpc) is 2.38. The molecule has 1 saturated heterocycles. The van der Waals surface area contributed by atoms with Gasteiger partial charge in [0.05, 0.1) is 7.11 Å². The van der Waals surface area contributed by atoms with Crippen molar-refractivity contribution in [2.24, 2.45) is 5.92 Å². The number of likely N-dealkylation sites (tertiary alicyclic amines) is 1. The molecule has 3 heteroatoms. The molecular weight excluding hydrogens is 214 g/mol. The van der Waals surface area contributed by atoms with E-state index < -0.39 is 0 Å². The van der Waals surface area contributed by atoms with Gasteiger partial charge in [-0.1, -0.05) is 12.1 Å². The summed E-state index contributed by atoms with van der Waals surface area (Å²) >= 11 is 0. The van der Waals surface area contributed by atoms with Gasteiger partial charge in [-0.25, -0.2) is 0 Å². The number of nitrogens with zero attached hydrogens (tertiary/aromatic N) is 1. The molecule has 0 saturated carbocycles. The number of hydrogen-bond acceptors (Lipinski definition) is 3. The van der Waals surface area contributed by atoms with E-state index in [9.17, 15) is 5.11 Å². The molecule has 1 aliphatic heterocycles. The van der Waals surface area contributed by atoms with Crippen molar-refractivity contribution >= 4 is 0 Å². The van der Waals surface area contributed by atoms with Crippen molar-refractivity contribution in [3.05, 3.63) is 29.8 Å². The lowest BCUT2D eigenvalue weighted by molar-refractivity contribution is 0.0742. The first-order valence-electron chi connectivity index (χ1n) is 6.21. The van der Waals surface area contributed by atoms with Crippen molar-refractivity contribution < 1.29 is 9.84 Å². The van der Waals surface area contributed by atoms with Crippen molar-refractivity contribution in [3.8, 4) is 5.75 Å². The third-order valence-electron chi connectivity index (χ3n) is 3.70. The van der Waals surface area contributed by atoms with Crippen LogP contribution >= 0.6 is 0 Å². The van der Waals surface area contributed by atoms with E-state index in [1.54, 1.807) is 7.11 Å². The summed E-state index contributed by atoms with van der Waals surface area (Å²) in [4.78, 5) is 2.34. The molecule has 2 atom stereocenters. The van der Waals surface area contributed by atoms with Crippen LogP contribution in [0, 0.1) is 5.92 Å². The molecule has 3 nitrogen and oxygen atoms in total. The number of methoxy groups -OCH3 is 1. The second-order valence-corrected chi connectivity index (χ2v) is 4.78. The molecule has 0 unspecified atom stereocenters. The highest BCUT2D eigenvalue weighted by molar-refractivity contribution is 5.29. The van der Waals surface area contributed by atoms with Crippen LogP contribution in [-0.4, -0.2) is 37.3 Å². The van der Waals surface area contributed by atoms with Gasteiger partial charge >= 0.3 is 0 Å². The van der Waals surface area contributed by atoms with Gasteiger partial charge in [0.25, 0.3) is 0 Å². The van der Waals surface area contributed by atoms with E-state index in [1.165, 1.54) is 12.0 Å². The van der Waals surface area contributed by atoms with Crippen LogP contribution in [-0.2, 0) is 0 Å². The fourth-order valence-corrected chi connectivity index (χ4v) is 2.78. The zero-order chi connectivity index (χ0) is 12.3. The minimum absolute atomic E-state index is 0.265. The largest absolute Gasteiger partial charge is 0.497 e. The highest BCUT2D eigenvalue weighted by atomic mass is 16.5. The number of ether oxygens (including phenoxy) is 1. The molecule has 1 aliphatic rings. The molecule has 0 amide bonds. The maximum atomic E-state index is 9.49. The molecule has 1 fully saturated rings. The number of aliphatic hydroxyl groups excluding tert-OH is 1. The normalized spacial score (nSPS) is 25.8. The van der Waals surface area contributed by atoms with Gasteiger partial charge in [-0.15, -0.1) is 0 Å². The summed E-state index contributed by atoms with van der Waals surface area (Å²) < 4.78 is 5.17. The van der Waals surface area contributed by atoms with Crippen LogP contribution in [0.25, 0.3) is 0 Å². The van der Waals surface area contributed by atoms with Gasteiger partial charge in [0.2, 0.25) is 0 Å². The first kappa shape index (κ1) is 12.4. The summed E-state index contributed by atoms with van der Waals surface area (Å²) in [5.41, 5.74) is 1.27. The minimum Gasteiger partial charge on any atom is -0.497 e. The second-order valence-electron chi connectivity index (χ2n) is 4.78. The van der Waals surface area contributed by atoms with Gasteiger partial charge in [-0.3, -0.25) is 4.90 Å².